The Morgan fingerprint density at radius 1 is 1.06 bits per heavy atom. The lowest BCUT2D eigenvalue weighted by Crippen LogP contribution is -2.32. The van der Waals surface area contributed by atoms with E-state index in [0.29, 0.717) is 19.4 Å². The summed E-state index contributed by atoms with van der Waals surface area (Å²) in [5.41, 5.74) is 0. The molecule has 0 fully saturated rings. The number of carboxylic acids is 1. The average molecular weight is 258 g/mol. The van der Waals surface area contributed by atoms with Gasteiger partial charge in [-0.3, -0.25) is 9.59 Å². The van der Waals surface area contributed by atoms with Gasteiger partial charge in [-0.15, -0.1) is 0 Å². The average Bonchev–Trinajstić information content (AvgIpc) is 2.30. The molecule has 4 nitrogen and oxygen atoms in total. The van der Waals surface area contributed by atoms with Crippen molar-refractivity contribution in [3.05, 3.63) is 0 Å². The van der Waals surface area contributed by atoms with E-state index < -0.39 is 17.8 Å². The van der Waals surface area contributed by atoms with Gasteiger partial charge in [0, 0.05) is 0 Å². The highest BCUT2D eigenvalue weighted by Gasteiger charge is 2.33. The lowest BCUT2D eigenvalue weighted by Gasteiger charge is -2.22. The van der Waals surface area contributed by atoms with Crippen molar-refractivity contribution in [2.24, 2.45) is 17.8 Å². The third-order valence-corrected chi connectivity index (χ3v) is 2.86. The molecule has 18 heavy (non-hydrogen) atoms. The van der Waals surface area contributed by atoms with Crippen molar-refractivity contribution in [3.63, 3.8) is 0 Å². The minimum Gasteiger partial charge on any atom is -0.481 e. The second-order valence-corrected chi connectivity index (χ2v) is 5.15. The summed E-state index contributed by atoms with van der Waals surface area (Å²) in [5.74, 6) is -2.10. The van der Waals surface area contributed by atoms with E-state index in [1.807, 2.05) is 27.7 Å². The number of carboxylic acid groups (broad SMARTS) is 1. The maximum Gasteiger partial charge on any atom is 0.309 e. The molecule has 0 radical (unpaired) electrons. The van der Waals surface area contributed by atoms with Gasteiger partial charge in [0.15, 0.2) is 0 Å². The molecule has 0 unspecified atom stereocenters. The quantitative estimate of drug-likeness (QED) is 0.645. The molecule has 0 heterocycles. The first-order chi connectivity index (χ1) is 8.43. The number of aliphatic carboxylic acids is 1. The Morgan fingerprint density at radius 2 is 1.56 bits per heavy atom. The van der Waals surface area contributed by atoms with Crippen LogP contribution < -0.4 is 0 Å². The Hall–Kier alpha value is -1.06. The van der Waals surface area contributed by atoms with E-state index in [4.69, 9.17) is 4.74 Å². The second-order valence-electron chi connectivity index (χ2n) is 5.15. The first-order valence-corrected chi connectivity index (χ1v) is 6.83. The molecule has 1 N–H and O–H groups in total. The van der Waals surface area contributed by atoms with Crippen LogP contribution in [0.15, 0.2) is 0 Å². The van der Waals surface area contributed by atoms with Gasteiger partial charge in [0.25, 0.3) is 0 Å². The van der Waals surface area contributed by atoms with Gasteiger partial charge < -0.3 is 9.84 Å². The van der Waals surface area contributed by atoms with Crippen molar-refractivity contribution in [1.82, 2.24) is 0 Å². The van der Waals surface area contributed by atoms with E-state index in [9.17, 15) is 14.7 Å². The summed E-state index contributed by atoms with van der Waals surface area (Å²) in [6, 6.07) is 0. The predicted octanol–water partition coefficient (Wildman–Crippen LogP) is 3.10. The van der Waals surface area contributed by atoms with Crippen molar-refractivity contribution in [3.8, 4) is 0 Å². The lowest BCUT2D eigenvalue weighted by atomic mass is 9.85. The molecular weight excluding hydrogens is 232 g/mol. The largest absolute Gasteiger partial charge is 0.481 e. The molecule has 0 aliphatic carbocycles. The number of esters is 1. The Bertz CT molecular complexity index is 261. The van der Waals surface area contributed by atoms with Gasteiger partial charge in [0.05, 0.1) is 18.4 Å². The van der Waals surface area contributed by atoms with Gasteiger partial charge in [-0.2, -0.15) is 0 Å². The minimum absolute atomic E-state index is 0.269. The van der Waals surface area contributed by atoms with Crippen molar-refractivity contribution in [2.75, 3.05) is 6.61 Å². The fourth-order valence-electron chi connectivity index (χ4n) is 1.96. The molecule has 2 atom stereocenters. The highest BCUT2D eigenvalue weighted by molar-refractivity contribution is 5.81. The summed E-state index contributed by atoms with van der Waals surface area (Å²) in [6.07, 6.45) is 2.65. The first-order valence-electron chi connectivity index (χ1n) is 6.83. The van der Waals surface area contributed by atoms with Crippen LogP contribution in [-0.2, 0) is 14.3 Å². The molecule has 0 rings (SSSR count). The molecule has 0 amide bonds. The zero-order valence-corrected chi connectivity index (χ0v) is 11.9. The first kappa shape index (κ1) is 16.9. The van der Waals surface area contributed by atoms with Crippen LogP contribution in [0.4, 0.5) is 0 Å². The van der Waals surface area contributed by atoms with Crippen LogP contribution in [0.1, 0.15) is 53.4 Å². The van der Waals surface area contributed by atoms with Crippen molar-refractivity contribution < 1.29 is 19.4 Å². The third-order valence-electron chi connectivity index (χ3n) is 2.86. The summed E-state index contributed by atoms with van der Waals surface area (Å²) in [5, 5.41) is 9.22. The molecule has 0 saturated carbocycles. The molecule has 106 valence electrons. The van der Waals surface area contributed by atoms with Gasteiger partial charge >= 0.3 is 11.9 Å². The number of ether oxygens (including phenoxy) is 1. The van der Waals surface area contributed by atoms with Crippen molar-refractivity contribution in [1.29, 1.82) is 0 Å². The van der Waals surface area contributed by atoms with Gasteiger partial charge in [0.1, 0.15) is 0 Å². The van der Waals surface area contributed by atoms with Gasteiger partial charge in [-0.25, -0.2) is 0 Å². The van der Waals surface area contributed by atoms with Crippen LogP contribution >= 0.6 is 0 Å². The second kappa shape index (κ2) is 8.95. The van der Waals surface area contributed by atoms with Crippen LogP contribution in [0.2, 0.25) is 0 Å². The SMILES string of the molecule is CCC[C@H](C(=O)O)[C@@H](CCC)C(=O)OCC(C)C. The molecule has 0 spiro atoms. The number of carbonyl (C=O) groups is 2. The van der Waals surface area contributed by atoms with Gasteiger partial charge in [0.2, 0.25) is 0 Å². The molecule has 0 saturated heterocycles. The minimum atomic E-state index is -0.892. The Kier molecular flexibility index (Phi) is 8.42. The van der Waals surface area contributed by atoms with Gasteiger partial charge in [-0.1, -0.05) is 40.5 Å². The molecule has 0 bridgehead atoms. The predicted molar refractivity (Wildman–Crippen MR) is 70.2 cm³/mol. The summed E-state index contributed by atoms with van der Waals surface area (Å²) >= 11 is 0. The van der Waals surface area contributed by atoms with Crippen LogP contribution in [0.3, 0.4) is 0 Å². The molecule has 0 aromatic heterocycles. The third kappa shape index (κ3) is 6.03. The van der Waals surface area contributed by atoms with E-state index in [2.05, 4.69) is 0 Å². The summed E-state index contributed by atoms with van der Waals surface area (Å²) in [6.45, 7) is 8.16. The Balaban J connectivity index is 4.68. The monoisotopic (exact) mass is 258 g/mol. The van der Waals surface area contributed by atoms with Crippen LogP contribution in [0, 0.1) is 17.8 Å². The number of hydrogen-bond donors (Lipinski definition) is 1. The van der Waals surface area contributed by atoms with Crippen LogP contribution in [-0.4, -0.2) is 23.7 Å². The zero-order valence-electron chi connectivity index (χ0n) is 11.9. The smallest absolute Gasteiger partial charge is 0.309 e. The number of rotatable bonds is 9. The lowest BCUT2D eigenvalue weighted by molar-refractivity contribution is -0.159. The molecule has 0 aliphatic heterocycles. The highest BCUT2D eigenvalue weighted by atomic mass is 16.5. The maximum absolute atomic E-state index is 12.0. The molecule has 0 aliphatic rings. The highest BCUT2D eigenvalue weighted by Crippen LogP contribution is 2.24. The normalized spacial score (nSPS) is 14.3. The van der Waals surface area contributed by atoms with Gasteiger partial charge in [-0.05, 0) is 18.8 Å². The fourth-order valence-corrected chi connectivity index (χ4v) is 1.96. The molecular formula is C14H26O4. The fraction of sp³-hybridized carbons (Fsp3) is 0.857. The van der Waals surface area contributed by atoms with Crippen LogP contribution in [0.25, 0.3) is 0 Å². The Morgan fingerprint density at radius 3 is 1.94 bits per heavy atom. The van der Waals surface area contributed by atoms with E-state index in [1.54, 1.807) is 0 Å². The summed E-state index contributed by atoms with van der Waals surface area (Å²) in [4.78, 5) is 23.2. The number of hydrogen-bond acceptors (Lipinski definition) is 3. The zero-order chi connectivity index (χ0) is 14.1. The van der Waals surface area contributed by atoms with E-state index in [1.165, 1.54) is 0 Å². The topological polar surface area (TPSA) is 63.6 Å². The number of carbonyl (C=O) groups excluding carboxylic acids is 1. The summed E-state index contributed by atoms with van der Waals surface area (Å²) in [7, 11) is 0. The Labute approximate surface area is 110 Å². The maximum atomic E-state index is 12.0. The van der Waals surface area contributed by atoms with Crippen molar-refractivity contribution in [2.45, 2.75) is 53.4 Å². The van der Waals surface area contributed by atoms with E-state index in [0.717, 1.165) is 12.8 Å². The van der Waals surface area contributed by atoms with E-state index >= 15 is 0 Å². The molecule has 4 heteroatoms. The standard InChI is InChI=1S/C14H26O4/c1-5-7-11(13(15)16)12(8-6-2)14(17)18-9-10(3)4/h10-12H,5-9H2,1-4H3,(H,15,16)/t11-,12+/m0/s1. The van der Waals surface area contributed by atoms with Crippen LogP contribution in [0.5, 0.6) is 0 Å². The molecule has 0 aromatic rings. The van der Waals surface area contributed by atoms with Crippen molar-refractivity contribution >= 4 is 11.9 Å². The molecule has 0 aromatic carbocycles. The summed E-state index contributed by atoms with van der Waals surface area (Å²) < 4.78 is 5.19. The van der Waals surface area contributed by atoms with E-state index in [-0.39, 0.29) is 11.9 Å².